The largest absolute Gasteiger partial charge is 0.325 e. The van der Waals surface area contributed by atoms with Gasteiger partial charge >= 0.3 is 0 Å². The summed E-state index contributed by atoms with van der Waals surface area (Å²) in [5.74, 6) is -0.443. The molecule has 1 N–H and O–H groups in total. The summed E-state index contributed by atoms with van der Waals surface area (Å²) in [6.45, 7) is 1.57. The molecule has 0 atom stereocenters. The number of anilines is 1. The molecular formula is C17H16BrN3O3S. The van der Waals surface area contributed by atoms with Crippen molar-refractivity contribution < 1.29 is 13.2 Å². The number of carbonyl (C=O) groups is 1. The number of nitrogens with one attached hydrogen (secondary N) is 1. The summed E-state index contributed by atoms with van der Waals surface area (Å²) in [5.41, 5.74) is 1.91. The Morgan fingerprint density at radius 3 is 2.44 bits per heavy atom. The van der Waals surface area contributed by atoms with Gasteiger partial charge in [0.15, 0.2) is 0 Å². The van der Waals surface area contributed by atoms with Crippen LogP contribution in [0.25, 0.3) is 0 Å². The Kier molecular flexibility index (Phi) is 5.95. The van der Waals surface area contributed by atoms with Gasteiger partial charge in [0, 0.05) is 17.2 Å². The first-order valence-corrected chi connectivity index (χ1v) is 9.50. The van der Waals surface area contributed by atoms with Crippen LogP contribution in [0.3, 0.4) is 0 Å². The number of halogens is 1. The van der Waals surface area contributed by atoms with E-state index in [1.165, 1.54) is 31.3 Å². The van der Waals surface area contributed by atoms with Crippen LogP contribution >= 0.6 is 15.9 Å². The summed E-state index contributed by atoms with van der Waals surface area (Å²) in [6, 6.07) is 12.8. The Bertz CT molecular complexity index is 935. The topological polar surface area (TPSA) is 90.3 Å². The summed E-state index contributed by atoms with van der Waals surface area (Å²) in [6.07, 6.45) is 0. The highest BCUT2D eigenvalue weighted by Gasteiger charge is 2.23. The third kappa shape index (κ3) is 4.66. The lowest BCUT2D eigenvalue weighted by Crippen LogP contribution is -2.35. The van der Waals surface area contributed by atoms with E-state index < -0.39 is 15.9 Å². The van der Waals surface area contributed by atoms with Gasteiger partial charge in [0.25, 0.3) is 0 Å². The van der Waals surface area contributed by atoms with E-state index in [-0.39, 0.29) is 11.4 Å². The summed E-state index contributed by atoms with van der Waals surface area (Å²) in [4.78, 5) is 12.2. The molecular weight excluding hydrogens is 406 g/mol. The lowest BCUT2D eigenvalue weighted by Gasteiger charge is -2.17. The second-order valence-corrected chi connectivity index (χ2v) is 8.31. The SMILES string of the molecule is Cc1cc(NC(=O)CN(C)S(=O)(=O)c2ccc(C#N)cc2)ccc1Br. The molecule has 6 nitrogen and oxygen atoms in total. The fourth-order valence-corrected chi connectivity index (χ4v) is 3.47. The van der Waals surface area contributed by atoms with Crippen molar-refractivity contribution >= 4 is 37.5 Å². The Balaban J connectivity index is 2.08. The van der Waals surface area contributed by atoms with Crippen molar-refractivity contribution in [3.63, 3.8) is 0 Å². The Hall–Kier alpha value is -2.21. The van der Waals surface area contributed by atoms with Gasteiger partial charge in [0.1, 0.15) is 0 Å². The van der Waals surface area contributed by atoms with E-state index in [1.807, 2.05) is 19.1 Å². The minimum atomic E-state index is -3.81. The van der Waals surface area contributed by atoms with Crippen molar-refractivity contribution in [2.45, 2.75) is 11.8 Å². The minimum Gasteiger partial charge on any atom is -0.325 e. The number of rotatable bonds is 5. The molecule has 0 spiro atoms. The number of hydrogen-bond donors (Lipinski definition) is 1. The molecule has 2 aromatic rings. The molecule has 8 heteroatoms. The van der Waals surface area contributed by atoms with Crippen molar-refractivity contribution in [1.29, 1.82) is 5.26 Å². The maximum Gasteiger partial charge on any atom is 0.243 e. The van der Waals surface area contributed by atoms with Crippen molar-refractivity contribution in [2.75, 3.05) is 18.9 Å². The average Bonchev–Trinajstić information content (AvgIpc) is 2.58. The number of hydrogen-bond acceptors (Lipinski definition) is 4. The van der Waals surface area contributed by atoms with Crippen LogP contribution in [0, 0.1) is 18.3 Å². The van der Waals surface area contributed by atoms with Crippen molar-refractivity contribution in [3.05, 3.63) is 58.1 Å². The first-order valence-electron chi connectivity index (χ1n) is 7.26. The zero-order valence-electron chi connectivity index (χ0n) is 13.7. The predicted octanol–water partition coefficient (Wildman–Crippen LogP) is 2.89. The number of nitriles is 1. The van der Waals surface area contributed by atoms with Crippen LogP contribution in [-0.2, 0) is 14.8 Å². The second kappa shape index (κ2) is 7.78. The van der Waals surface area contributed by atoms with Gasteiger partial charge in [-0.1, -0.05) is 15.9 Å². The van der Waals surface area contributed by atoms with E-state index in [0.29, 0.717) is 11.3 Å². The molecule has 0 saturated heterocycles. The van der Waals surface area contributed by atoms with Gasteiger partial charge < -0.3 is 5.32 Å². The summed E-state index contributed by atoms with van der Waals surface area (Å²) in [5, 5.41) is 11.4. The zero-order valence-corrected chi connectivity index (χ0v) is 16.1. The van der Waals surface area contributed by atoms with Crippen LogP contribution in [0.5, 0.6) is 0 Å². The van der Waals surface area contributed by atoms with Crippen LogP contribution in [0.1, 0.15) is 11.1 Å². The third-order valence-corrected chi connectivity index (χ3v) is 6.21. The van der Waals surface area contributed by atoms with Gasteiger partial charge in [-0.25, -0.2) is 8.42 Å². The van der Waals surface area contributed by atoms with Gasteiger partial charge in [0.2, 0.25) is 15.9 Å². The van der Waals surface area contributed by atoms with E-state index in [1.54, 1.807) is 12.1 Å². The van der Waals surface area contributed by atoms with Crippen molar-refractivity contribution in [3.8, 4) is 6.07 Å². The molecule has 0 aliphatic rings. The normalized spacial score (nSPS) is 11.2. The van der Waals surface area contributed by atoms with Crippen LogP contribution < -0.4 is 5.32 Å². The highest BCUT2D eigenvalue weighted by atomic mass is 79.9. The van der Waals surface area contributed by atoms with Gasteiger partial charge in [-0.05, 0) is 55.0 Å². The number of benzene rings is 2. The molecule has 0 aliphatic heterocycles. The number of sulfonamides is 1. The summed E-state index contributed by atoms with van der Waals surface area (Å²) in [7, 11) is -2.48. The van der Waals surface area contributed by atoms with E-state index in [9.17, 15) is 13.2 Å². The van der Waals surface area contributed by atoms with Gasteiger partial charge in [-0.3, -0.25) is 4.79 Å². The number of carbonyl (C=O) groups excluding carboxylic acids is 1. The van der Waals surface area contributed by atoms with Crippen LogP contribution in [0.4, 0.5) is 5.69 Å². The fourth-order valence-electron chi connectivity index (χ4n) is 2.09. The smallest absolute Gasteiger partial charge is 0.243 e. The number of amides is 1. The molecule has 25 heavy (non-hydrogen) atoms. The standard InChI is InChI=1S/C17H16BrN3O3S/c1-12-9-14(5-8-16(12)18)20-17(22)11-21(2)25(23,24)15-6-3-13(10-19)4-7-15/h3-9H,11H2,1-2H3,(H,20,22). The highest BCUT2D eigenvalue weighted by Crippen LogP contribution is 2.20. The van der Waals surface area contributed by atoms with Crippen LogP contribution in [-0.4, -0.2) is 32.2 Å². The van der Waals surface area contributed by atoms with Crippen molar-refractivity contribution in [1.82, 2.24) is 4.31 Å². The summed E-state index contributed by atoms with van der Waals surface area (Å²) >= 11 is 3.38. The van der Waals surface area contributed by atoms with E-state index >= 15 is 0 Å². The van der Waals surface area contributed by atoms with Crippen LogP contribution in [0.15, 0.2) is 51.8 Å². The highest BCUT2D eigenvalue weighted by molar-refractivity contribution is 9.10. The Morgan fingerprint density at radius 1 is 1.24 bits per heavy atom. The third-order valence-electron chi connectivity index (χ3n) is 3.50. The van der Waals surface area contributed by atoms with E-state index in [0.717, 1.165) is 14.3 Å². The molecule has 0 fully saturated rings. The monoisotopic (exact) mass is 421 g/mol. The molecule has 0 aromatic heterocycles. The molecule has 1 amide bonds. The maximum absolute atomic E-state index is 12.5. The van der Waals surface area contributed by atoms with Gasteiger partial charge in [-0.2, -0.15) is 9.57 Å². The fraction of sp³-hybridized carbons (Fsp3) is 0.176. The minimum absolute atomic E-state index is 0.0290. The Labute approximate surface area is 155 Å². The first kappa shape index (κ1) is 19.1. The van der Waals surface area contributed by atoms with Gasteiger partial charge in [0.05, 0.1) is 23.1 Å². The first-order chi connectivity index (χ1) is 11.7. The summed E-state index contributed by atoms with van der Waals surface area (Å²) < 4.78 is 26.8. The average molecular weight is 422 g/mol. The second-order valence-electron chi connectivity index (χ2n) is 5.41. The predicted molar refractivity (Wildman–Crippen MR) is 98.5 cm³/mol. The molecule has 0 heterocycles. The molecule has 0 unspecified atom stereocenters. The number of aryl methyl sites for hydroxylation is 1. The molecule has 0 bridgehead atoms. The molecule has 2 rings (SSSR count). The quantitative estimate of drug-likeness (QED) is 0.803. The van der Waals surface area contributed by atoms with Crippen molar-refractivity contribution in [2.24, 2.45) is 0 Å². The Morgan fingerprint density at radius 2 is 1.88 bits per heavy atom. The molecule has 0 aliphatic carbocycles. The molecule has 2 aromatic carbocycles. The van der Waals surface area contributed by atoms with Crippen LogP contribution in [0.2, 0.25) is 0 Å². The molecule has 0 saturated carbocycles. The molecule has 0 radical (unpaired) electrons. The maximum atomic E-state index is 12.5. The van der Waals surface area contributed by atoms with E-state index in [2.05, 4.69) is 21.2 Å². The lowest BCUT2D eigenvalue weighted by molar-refractivity contribution is -0.116. The lowest BCUT2D eigenvalue weighted by atomic mass is 10.2. The van der Waals surface area contributed by atoms with E-state index in [4.69, 9.17) is 5.26 Å². The molecule has 130 valence electrons. The number of likely N-dealkylation sites (N-methyl/N-ethyl adjacent to an activating group) is 1. The number of nitrogens with zero attached hydrogens (tertiary/aromatic N) is 2. The van der Waals surface area contributed by atoms with Gasteiger partial charge in [-0.15, -0.1) is 0 Å². The zero-order chi connectivity index (χ0) is 18.6.